The monoisotopic (exact) mass is 490 g/mol. The fourth-order valence-corrected chi connectivity index (χ4v) is 5.80. The molecule has 1 aliphatic carbocycles. The molecule has 6 atom stereocenters. The molecule has 0 saturated carbocycles. The number of esters is 1. The van der Waals surface area contributed by atoms with Crippen molar-refractivity contribution >= 4 is 46.3 Å². The van der Waals surface area contributed by atoms with Crippen molar-refractivity contribution in [3.63, 3.8) is 0 Å². The lowest BCUT2D eigenvalue weighted by Crippen LogP contribution is -2.70. The summed E-state index contributed by atoms with van der Waals surface area (Å²) in [5, 5.41) is 26.0. The molecule has 11 heteroatoms. The number of carbonyl (C=O) groups excluding carboxylic acids is 4. The van der Waals surface area contributed by atoms with Crippen molar-refractivity contribution in [3.8, 4) is 0 Å². The standard InChI is InChI=1S/C21H31ClN2O7S/c1-12(25)23-11-15(18(28)31-3)32-19(29)21(16(26)13-7-5-4-6-8-13)20(2,30)14(9-10-22)17(27)24-21/h5,7,13-16,26,30H,4,6,8-11H2,1-3H3,(H,23,25)(H,24,27)/t13-,14+,15?,16+,20+,21+/m1/s1. The maximum absolute atomic E-state index is 13.7. The van der Waals surface area contributed by atoms with Gasteiger partial charge < -0.3 is 25.6 Å². The van der Waals surface area contributed by atoms with E-state index in [2.05, 4.69) is 10.6 Å². The molecule has 1 aliphatic heterocycles. The summed E-state index contributed by atoms with van der Waals surface area (Å²) in [6, 6.07) is 0. The highest BCUT2D eigenvalue weighted by molar-refractivity contribution is 8.15. The second-order valence-corrected chi connectivity index (χ2v) is 9.85. The Bertz CT molecular complexity index is 775. The first-order chi connectivity index (χ1) is 15.0. The predicted molar refractivity (Wildman–Crippen MR) is 120 cm³/mol. The molecule has 0 bridgehead atoms. The predicted octanol–water partition coefficient (Wildman–Crippen LogP) is 0.506. The second-order valence-electron chi connectivity index (χ2n) is 8.30. The van der Waals surface area contributed by atoms with Crippen LogP contribution in [0.4, 0.5) is 0 Å². The zero-order valence-electron chi connectivity index (χ0n) is 18.4. The number of halogens is 1. The van der Waals surface area contributed by atoms with E-state index >= 15 is 0 Å². The van der Waals surface area contributed by atoms with E-state index in [4.69, 9.17) is 16.3 Å². The van der Waals surface area contributed by atoms with Crippen LogP contribution >= 0.6 is 23.4 Å². The van der Waals surface area contributed by atoms with Gasteiger partial charge in [-0.25, -0.2) is 0 Å². The highest BCUT2D eigenvalue weighted by Crippen LogP contribution is 2.46. The Kier molecular flexibility index (Phi) is 9.15. The highest BCUT2D eigenvalue weighted by atomic mass is 35.5. The SMILES string of the molecule is COC(=O)C(CNC(C)=O)SC(=O)[C@]1([C@@H](O)[C@@H]2C=CCCC2)NC(=O)[C@H](CCCl)[C@]1(C)O. The van der Waals surface area contributed by atoms with E-state index in [9.17, 15) is 29.4 Å². The first-order valence-corrected chi connectivity index (χ1v) is 11.9. The van der Waals surface area contributed by atoms with Gasteiger partial charge in [0.2, 0.25) is 16.9 Å². The molecule has 2 amide bonds. The van der Waals surface area contributed by atoms with Crippen LogP contribution in [0.3, 0.4) is 0 Å². The smallest absolute Gasteiger partial charge is 0.321 e. The Hall–Kier alpha value is -1.62. The molecule has 1 heterocycles. The number of thioether (sulfide) groups is 1. The van der Waals surface area contributed by atoms with Gasteiger partial charge in [-0.1, -0.05) is 23.9 Å². The molecule has 2 rings (SSSR count). The molecule has 2 aliphatic rings. The van der Waals surface area contributed by atoms with Crippen molar-refractivity contribution in [1.82, 2.24) is 10.6 Å². The number of allylic oxidation sites excluding steroid dienone is 1. The number of aliphatic hydroxyl groups excluding tert-OH is 1. The number of hydrogen-bond donors (Lipinski definition) is 4. The quantitative estimate of drug-likeness (QED) is 0.208. The van der Waals surface area contributed by atoms with Crippen molar-refractivity contribution in [1.29, 1.82) is 0 Å². The third kappa shape index (κ3) is 5.13. The molecule has 0 spiro atoms. The van der Waals surface area contributed by atoms with Gasteiger partial charge in [-0.15, -0.1) is 11.6 Å². The molecule has 1 unspecified atom stereocenters. The summed E-state index contributed by atoms with van der Waals surface area (Å²) in [5.74, 6) is -3.21. The van der Waals surface area contributed by atoms with Crippen LogP contribution in [0.5, 0.6) is 0 Å². The maximum atomic E-state index is 13.7. The molecule has 0 aromatic heterocycles. The zero-order valence-corrected chi connectivity index (χ0v) is 20.0. The number of carbonyl (C=O) groups is 4. The van der Waals surface area contributed by atoms with E-state index in [1.807, 2.05) is 6.08 Å². The van der Waals surface area contributed by atoms with Gasteiger partial charge in [0.15, 0.2) is 5.54 Å². The van der Waals surface area contributed by atoms with E-state index < -0.39 is 57.2 Å². The van der Waals surface area contributed by atoms with Crippen molar-refractivity contribution in [2.24, 2.45) is 11.8 Å². The maximum Gasteiger partial charge on any atom is 0.321 e. The zero-order chi connectivity index (χ0) is 24.1. The Morgan fingerprint density at radius 2 is 2.12 bits per heavy atom. The van der Waals surface area contributed by atoms with E-state index in [0.717, 1.165) is 20.0 Å². The Morgan fingerprint density at radius 1 is 1.44 bits per heavy atom. The van der Waals surface area contributed by atoms with Crippen molar-refractivity contribution in [3.05, 3.63) is 12.2 Å². The molecule has 180 valence electrons. The lowest BCUT2D eigenvalue weighted by molar-refractivity contribution is -0.144. The number of alkyl halides is 1. The molecule has 0 radical (unpaired) electrons. The fourth-order valence-electron chi connectivity index (χ4n) is 4.40. The highest BCUT2D eigenvalue weighted by Gasteiger charge is 2.69. The fraction of sp³-hybridized carbons (Fsp3) is 0.714. The third-order valence-electron chi connectivity index (χ3n) is 6.22. The summed E-state index contributed by atoms with van der Waals surface area (Å²) in [4.78, 5) is 50.1. The van der Waals surface area contributed by atoms with Crippen molar-refractivity contribution in [2.75, 3.05) is 19.5 Å². The van der Waals surface area contributed by atoms with Gasteiger partial charge in [0.05, 0.1) is 19.1 Å². The molecular formula is C21H31ClN2O7S. The summed E-state index contributed by atoms with van der Waals surface area (Å²) in [6.07, 6.45) is 4.49. The molecule has 0 aromatic rings. The Labute approximate surface area is 196 Å². The molecule has 32 heavy (non-hydrogen) atoms. The molecule has 1 fully saturated rings. The summed E-state index contributed by atoms with van der Waals surface area (Å²) in [7, 11) is 1.15. The van der Waals surface area contributed by atoms with Crippen LogP contribution in [-0.2, 0) is 23.9 Å². The van der Waals surface area contributed by atoms with Crippen LogP contribution in [0.15, 0.2) is 12.2 Å². The summed E-state index contributed by atoms with van der Waals surface area (Å²) >= 11 is 6.35. The van der Waals surface area contributed by atoms with Gasteiger partial charge in [0.1, 0.15) is 10.9 Å². The molecular weight excluding hydrogens is 460 g/mol. The van der Waals surface area contributed by atoms with Crippen molar-refractivity contribution in [2.45, 2.75) is 62.0 Å². The Balaban J connectivity index is 2.48. The third-order valence-corrected chi connectivity index (χ3v) is 7.62. The number of ether oxygens (including phenoxy) is 1. The molecule has 9 nitrogen and oxygen atoms in total. The number of rotatable bonds is 9. The first kappa shape index (κ1) is 26.6. The van der Waals surface area contributed by atoms with E-state index in [1.54, 1.807) is 6.08 Å². The topological polar surface area (TPSA) is 142 Å². The first-order valence-electron chi connectivity index (χ1n) is 10.5. The van der Waals surface area contributed by atoms with Crippen LogP contribution < -0.4 is 10.6 Å². The number of aliphatic hydroxyl groups is 2. The van der Waals surface area contributed by atoms with Gasteiger partial charge in [-0.05, 0) is 32.6 Å². The molecule has 0 aromatic carbocycles. The van der Waals surface area contributed by atoms with E-state index in [0.29, 0.717) is 18.2 Å². The summed E-state index contributed by atoms with van der Waals surface area (Å²) in [6.45, 7) is 2.40. The second kappa shape index (κ2) is 11.0. The van der Waals surface area contributed by atoms with Crippen LogP contribution in [0, 0.1) is 11.8 Å². The van der Waals surface area contributed by atoms with Crippen LogP contribution in [-0.4, -0.2) is 75.1 Å². The van der Waals surface area contributed by atoms with Crippen LogP contribution in [0.1, 0.15) is 39.5 Å². The summed E-state index contributed by atoms with van der Waals surface area (Å²) < 4.78 is 4.75. The largest absolute Gasteiger partial charge is 0.468 e. The summed E-state index contributed by atoms with van der Waals surface area (Å²) in [5.41, 5.74) is -4.07. The van der Waals surface area contributed by atoms with Crippen molar-refractivity contribution < 1.29 is 34.1 Å². The van der Waals surface area contributed by atoms with Gasteiger partial charge >= 0.3 is 5.97 Å². The van der Waals surface area contributed by atoms with Gasteiger partial charge in [0.25, 0.3) is 0 Å². The number of hydrogen-bond acceptors (Lipinski definition) is 8. The lowest BCUT2D eigenvalue weighted by Gasteiger charge is -2.45. The van der Waals surface area contributed by atoms with Gasteiger partial charge in [-0.2, -0.15) is 0 Å². The number of methoxy groups -OCH3 is 1. The normalized spacial score (nSPS) is 31.5. The van der Waals surface area contributed by atoms with Gasteiger partial charge in [0, 0.05) is 25.3 Å². The Morgan fingerprint density at radius 3 is 2.66 bits per heavy atom. The lowest BCUT2D eigenvalue weighted by atomic mass is 9.69. The molecule has 4 N–H and O–H groups in total. The van der Waals surface area contributed by atoms with Crippen LogP contribution in [0.2, 0.25) is 0 Å². The minimum Gasteiger partial charge on any atom is -0.468 e. The average molecular weight is 491 g/mol. The number of amides is 2. The molecule has 1 saturated heterocycles. The van der Waals surface area contributed by atoms with Crippen LogP contribution in [0.25, 0.3) is 0 Å². The number of nitrogens with one attached hydrogen (secondary N) is 2. The van der Waals surface area contributed by atoms with E-state index in [-0.39, 0.29) is 18.8 Å². The van der Waals surface area contributed by atoms with E-state index in [1.165, 1.54) is 13.8 Å². The average Bonchev–Trinajstić information content (AvgIpc) is 2.97. The minimum absolute atomic E-state index is 0.0679. The van der Waals surface area contributed by atoms with Gasteiger partial charge in [-0.3, -0.25) is 19.2 Å². The minimum atomic E-state index is -2.08.